The van der Waals surface area contributed by atoms with Crippen LogP contribution in [0, 0.1) is 5.41 Å². The van der Waals surface area contributed by atoms with Crippen molar-refractivity contribution in [3.8, 4) is 0 Å². The van der Waals surface area contributed by atoms with E-state index in [2.05, 4.69) is 49.7 Å². The molecule has 2 rings (SSSR count). The molecular formula is C13H23N3. The third kappa shape index (κ3) is 2.01. The molecule has 0 radical (unpaired) electrons. The molecule has 0 bridgehead atoms. The number of hydrogen-bond acceptors (Lipinski definition) is 2. The molecular weight excluding hydrogens is 198 g/mol. The van der Waals surface area contributed by atoms with Gasteiger partial charge in [-0.2, -0.15) is 5.10 Å². The first-order valence-electron chi connectivity index (χ1n) is 6.16. The van der Waals surface area contributed by atoms with Crippen LogP contribution < -0.4 is 0 Å². The lowest BCUT2D eigenvalue weighted by Crippen LogP contribution is -2.50. The Morgan fingerprint density at radius 2 is 2.12 bits per heavy atom. The van der Waals surface area contributed by atoms with E-state index < -0.39 is 0 Å². The van der Waals surface area contributed by atoms with Crippen molar-refractivity contribution in [2.75, 3.05) is 0 Å². The predicted octanol–water partition coefficient (Wildman–Crippen LogP) is 2.59. The molecule has 1 aliphatic rings. The molecule has 0 aliphatic carbocycles. The summed E-state index contributed by atoms with van der Waals surface area (Å²) >= 11 is 0. The van der Waals surface area contributed by atoms with Crippen molar-refractivity contribution in [1.82, 2.24) is 15.1 Å². The quantitative estimate of drug-likeness (QED) is 0.790. The van der Waals surface area contributed by atoms with Crippen molar-refractivity contribution in [3.63, 3.8) is 0 Å². The standard InChI is InChI=1S/C13H23N3/c1-9(2)16-8-11-10(7-14-15-11)6-12(16)13(3,4)5/h7,9,12H,6,8H2,1-5H3,(H,14,15). The van der Waals surface area contributed by atoms with Gasteiger partial charge in [0, 0.05) is 18.6 Å². The van der Waals surface area contributed by atoms with E-state index in [0.717, 1.165) is 13.0 Å². The molecule has 16 heavy (non-hydrogen) atoms. The largest absolute Gasteiger partial charge is 0.291 e. The normalized spacial score (nSPS) is 22.5. The van der Waals surface area contributed by atoms with Crippen molar-refractivity contribution in [1.29, 1.82) is 0 Å². The highest BCUT2D eigenvalue weighted by Gasteiger charge is 2.36. The zero-order valence-corrected chi connectivity index (χ0v) is 11.0. The van der Waals surface area contributed by atoms with Crippen LogP contribution in [-0.4, -0.2) is 27.2 Å². The Balaban J connectivity index is 2.31. The van der Waals surface area contributed by atoms with E-state index in [4.69, 9.17) is 0 Å². The van der Waals surface area contributed by atoms with Crippen molar-refractivity contribution in [2.45, 2.75) is 59.7 Å². The van der Waals surface area contributed by atoms with Gasteiger partial charge in [0.1, 0.15) is 0 Å². The lowest BCUT2D eigenvalue weighted by molar-refractivity contribution is 0.0521. The third-order valence-corrected chi connectivity index (χ3v) is 3.62. The summed E-state index contributed by atoms with van der Waals surface area (Å²) in [7, 11) is 0. The molecule has 2 heterocycles. The fraction of sp³-hybridized carbons (Fsp3) is 0.769. The van der Waals surface area contributed by atoms with Crippen molar-refractivity contribution in [3.05, 3.63) is 17.5 Å². The minimum absolute atomic E-state index is 0.319. The Morgan fingerprint density at radius 3 is 2.69 bits per heavy atom. The minimum Gasteiger partial charge on any atom is -0.291 e. The van der Waals surface area contributed by atoms with Crippen LogP contribution in [0.5, 0.6) is 0 Å². The lowest BCUT2D eigenvalue weighted by Gasteiger charge is -2.45. The first-order valence-corrected chi connectivity index (χ1v) is 6.16. The molecule has 90 valence electrons. The first kappa shape index (κ1) is 11.6. The van der Waals surface area contributed by atoms with Gasteiger partial charge in [0.15, 0.2) is 0 Å². The summed E-state index contributed by atoms with van der Waals surface area (Å²) in [5.74, 6) is 0. The molecule has 3 nitrogen and oxygen atoms in total. The number of fused-ring (bicyclic) bond motifs is 1. The number of H-pyrrole nitrogens is 1. The van der Waals surface area contributed by atoms with E-state index in [-0.39, 0.29) is 0 Å². The highest BCUT2D eigenvalue weighted by molar-refractivity contribution is 5.22. The maximum Gasteiger partial charge on any atom is 0.0525 e. The van der Waals surface area contributed by atoms with Crippen LogP contribution in [0.1, 0.15) is 45.9 Å². The van der Waals surface area contributed by atoms with Gasteiger partial charge in [0.05, 0.1) is 11.9 Å². The van der Waals surface area contributed by atoms with Crippen LogP contribution in [0.2, 0.25) is 0 Å². The van der Waals surface area contributed by atoms with Crippen LogP contribution in [0.15, 0.2) is 6.20 Å². The molecule has 0 saturated carbocycles. The van der Waals surface area contributed by atoms with Gasteiger partial charge in [-0.15, -0.1) is 0 Å². The minimum atomic E-state index is 0.319. The Hall–Kier alpha value is -0.830. The number of hydrogen-bond donors (Lipinski definition) is 1. The van der Waals surface area contributed by atoms with Crippen LogP contribution in [0.25, 0.3) is 0 Å². The fourth-order valence-corrected chi connectivity index (χ4v) is 2.62. The van der Waals surface area contributed by atoms with Crippen LogP contribution in [0.4, 0.5) is 0 Å². The Morgan fingerprint density at radius 1 is 1.44 bits per heavy atom. The van der Waals surface area contributed by atoms with Crippen molar-refractivity contribution < 1.29 is 0 Å². The fourth-order valence-electron chi connectivity index (χ4n) is 2.62. The number of aromatic nitrogens is 2. The van der Waals surface area contributed by atoms with Crippen molar-refractivity contribution in [2.24, 2.45) is 5.41 Å². The van der Waals surface area contributed by atoms with E-state index in [0.29, 0.717) is 17.5 Å². The maximum atomic E-state index is 4.16. The second kappa shape index (κ2) is 3.88. The van der Waals surface area contributed by atoms with Crippen molar-refractivity contribution >= 4 is 0 Å². The van der Waals surface area contributed by atoms with E-state index >= 15 is 0 Å². The smallest absolute Gasteiger partial charge is 0.0525 e. The summed E-state index contributed by atoms with van der Waals surface area (Å²) in [6.45, 7) is 12.6. The van der Waals surface area contributed by atoms with Gasteiger partial charge in [-0.1, -0.05) is 20.8 Å². The molecule has 1 aliphatic heterocycles. The van der Waals surface area contributed by atoms with Crippen LogP contribution >= 0.6 is 0 Å². The number of nitrogens with one attached hydrogen (secondary N) is 1. The van der Waals surface area contributed by atoms with E-state index in [1.807, 2.05) is 6.20 Å². The highest BCUT2D eigenvalue weighted by atomic mass is 15.2. The number of nitrogens with zero attached hydrogens (tertiary/aromatic N) is 2. The third-order valence-electron chi connectivity index (χ3n) is 3.62. The Bertz CT molecular complexity index is 359. The summed E-state index contributed by atoms with van der Waals surface area (Å²) in [6.07, 6.45) is 3.11. The molecule has 0 aromatic carbocycles. The van der Waals surface area contributed by atoms with Gasteiger partial charge in [-0.25, -0.2) is 0 Å². The molecule has 0 spiro atoms. The predicted molar refractivity (Wildman–Crippen MR) is 66.2 cm³/mol. The average Bonchev–Trinajstić information content (AvgIpc) is 2.60. The molecule has 1 aromatic rings. The van der Waals surface area contributed by atoms with Gasteiger partial charge < -0.3 is 0 Å². The highest BCUT2D eigenvalue weighted by Crippen LogP contribution is 2.33. The number of rotatable bonds is 1. The molecule has 0 amide bonds. The molecule has 0 saturated heterocycles. The molecule has 0 fully saturated rings. The summed E-state index contributed by atoms with van der Waals surface area (Å²) in [6, 6.07) is 1.19. The maximum absolute atomic E-state index is 4.16. The van der Waals surface area contributed by atoms with Crippen LogP contribution in [-0.2, 0) is 13.0 Å². The monoisotopic (exact) mass is 221 g/mol. The number of aromatic amines is 1. The second-order valence-corrected chi connectivity index (χ2v) is 6.23. The van der Waals surface area contributed by atoms with Crippen LogP contribution in [0.3, 0.4) is 0 Å². The zero-order valence-electron chi connectivity index (χ0n) is 11.0. The Kier molecular flexibility index (Phi) is 2.82. The summed E-state index contributed by atoms with van der Waals surface area (Å²) in [5, 5.41) is 7.29. The molecule has 1 aromatic heterocycles. The summed E-state index contributed by atoms with van der Waals surface area (Å²) in [5.41, 5.74) is 3.02. The van der Waals surface area contributed by atoms with E-state index in [1.54, 1.807) is 0 Å². The van der Waals surface area contributed by atoms with Gasteiger partial charge in [-0.3, -0.25) is 10.00 Å². The average molecular weight is 221 g/mol. The second-order valence-electron chi connectivity index (χ2n) is 6.23. The molecule has 1 N–H and O–H groups in total. The molecule has 1 unspecified atom stereocenters. The zero-order chi connectivity index (χ0) is 11.9. The van der Waals surface area contributed by atoms with Gasteiger partial charge >= 0.3 is 0 Å². The molecule has 1 atom stereocenters. The lowest BCUT2D eigenvalue weighted by atomic mass is 9.79. The van der Waals surface area contributed by atoms with Gasteiger partial charge in [0.2, 0.25) is 0 Å². The van der Waals surface area contributed by atoms with E-state index in [1.165, 1.54) is 11.3 Å². The topological polar surface area (TPSA) is 31.9 Å². The van der Waals surface area contributed by atoms with Gasteiger partial charge in [-0.05, 0) is 31.2 Å². The molecule has 3 heteroatoms. The summed E-state index contributed by atoms with van der Waals surface area (Å²) in [4.78, 5) is 2.58. The van der Waals surface area contributed by atoms with E-state index in [9.17, 15) is 0 Å². The van der Waals surface area contributed by atoms with Gasteiger partial charge in [0.25, 0.3) is 0 Å². The first-order chi connectivity index (χ1) is 7.39. The SMILES string of the molecule is CC(C)N1Cc2[nH]ncc2CC1C(C)(C)C. The summed E-state index contributed by atoms with van der Waals surface area (Å²) < 4.78 is 0. The Labute approximate surface area is 98.2 Å².